The van der Waals surface area contributed by atoms with Crippen molar-refractivity contribution in [1.29, 1.82) is 0 Å². The Balaban J connectivity index is 1.90. The number of alkyl halides is 3. The molecule has 2 unspecified atom stereocenters. The lowest BCUT2D eigenvalue weighted by Crippen LogP contribution is -2.44. The highest BCUT2D eigenvalue weighted by Crippen LogP contribution is 2.48. The van der Waals surface area contributed by atoms with Crippen molar-refractivity contribution in [1.82, 2.24) is 4.90 Å². The molecule has 8 heteroatoms. The standard InChI is InChI=1S/C21H22ClF3N2S2/c1-4-16-17(22)6-5-7-18(16)26-19(28)27-12-13(2)29-20(27,3)14-8-10-15(11-9-14)21(23,24)25/h5-11,13H,4,12H2,1-3H3,(H,26,28). The van der Waals surface area contributed by atoms with E-state index in [9.17, 15) is 13.2 Å². The van der Waals surface area contributed by atoms with Crippen molar-refractivity contribution >= 4 is 46.4 Å². The van der Waals surface area contributed by atoms with Gasteiger partial charge in [-0.25, -0.2) is 0 Å². The highest BCUT2D eigenvalue weighted by molar-refractivity contribution is 8.01. The van der Waals surface area contributed by atoms with E-state index in [1.165, 1.54) is 0 Å². The van der Waals surface area contributed by atoms with Crippen molar-refractivity contribution in [2.75, 3.05) is 11.9 Å². The first-order valence-electron chi connectivity index (χ1n) is 9.27. The molecule has 0 saturated carbocycles. The summed E-state index contributed by atoms with van der Waals surface area (Å²) >= 11 is 13.7. The average Bonchev–Trinajstić information content (AvgIpc) is 2.97. The lowest BCUT2D eigenvalue weighted by atomic mass is 10.0. The molecule has 2 nitrogen and oxygen atoms in total. The first kappa shape index (κ1) is 22.2. The molecule has 2 atom stereocenters. The van der Waals surface area contributed by atoms with E-state index >= 15 is 0 Å². The molecule has 29 heavy (non-hydrogen) atoms. The third kappa shape index (κ3) is 4.52. The number of hydrogen-bond donors (Lipinski definition) is 1. The van der Waals surface area contributed by atoms with Crippen LogP contribution in [0.15, 0.2) is 42.5 Å². The second-order valence-electron chi connectivity index (χ2n) is 7.15. The highest BCUT2D eigenvalue weighted by Gasteiger charge is 2.44. The van der Waals surface area contributed by atoms with Crippen molar-refractivity contribution in [3.8, 4) is 0 Å². The van der Waals surface area contributed by atoms with Crippen LogP contribution in [0.5, 0.6) is 0 Å². The zero-order valence-electron chi connectivity index (χ0n) is 16.3. The Labute approximate surface area is 183 Å². The minimum atomic E-state index is -4.35. The van der Waals surface area contributed by atoms with E-state index in [2.05, 4.69) is 12.2 Å². The van der Waals surface area contributed by atoms with Gasteiger partial charge in [-0.15, -0.1) is 11.8 Å². The molecule has 0 bridgehead atoms. The van der Waals surface area contributed by atoms with Crippen LogP contribution >= 0.6 is 35.6 Å². The lowest BCUT2D eigenvalue weighted by molar-refractivity contribution is -0.137. The molecule has 1 heterocycles. The minimum absolute atomic E-state index is 0.270. The minimum Gasteiger partial charge on any atom is -0.332 e. The first-order chi connectivity index (χ1) is 13.6. The molecule has 1 aliphatic rings. The van der Waals surface area contributed by atoms with Gasteiger partial charge < -0.3 is 10.2 Å². The SMILES string of the molecule is CCc1c(Cl)cccc1NC(=S)N1CC(C)SC1(C)c1ccc(C(F)(F)F)cc1. The number of nitrogens with zero attached hydrogens (tertiary/aromatic N) is 1. The predicted molar refractivity (Wildman–Crippen MR) is 120 cm³/mol. The summed E-state index contributed by atoms with van der Waals surface area (Å²) in [4.78, 5) is 1.47. The number of rotatable bonds is 3. The van der Waals surface area contributed by atoms with E-state index in [0.717, 1.165) is 35.4 Å². The van der Waals surface area contributed by atoms with Crippen LogP contribution in [0.3, 0.4) is 0 Å². The summed E-state index contributed by atoms with van der Waals surface area (Å²) in [6, 6.07) is 11.0. The van der Waals surface area contributed by atoms with Gasteiger partial charge in [0, 0.05) is 22.5 Å². The predicted octanol–water partition coefficient (Wildman–Crippen LogP) is 6.93. The first-order valence-corrected chi connectivity index (χ1v) is 10.9. The Bertz CT molecular complexity index is 902. The third-order valence-electron chi connectivity index (χ3n) is 5.09. The van der Waals surface area contributed by atoms with Gasteiger partial charge in [0.05, 0.1) is 5.56 Å². The maximum Gasteiger partial charge on any atom is 0.416 e. The summed E-state index contributed by atoms with van der Waals surface area (Å²) < 4.78 is 38.8. The highest BCUT2D eigenvalue weighted by atomic mass is 35.5. The van der Waals surface area contributed by atoms with Crippen LogP contribution in [-0.4, -0.2) is 21.8 Å². The molecule has 0 radical (unpaired) electrons. The van der Waals surface area contributed by atoms with Crippen LogP contribution in [0.2, 0.25) is 5.02 Å². The van der Waals surface area contributed by atoms with Gasteiger partial charge in [0.15, 0.2) is 5.11 Å². The summed E-state index contributed by atoms with van der Waals surface area (Å²) in [6.45, 7) is 6.80. The lowest BCUT2D eigenvalue weighted by Gasteiger charge is -2.37. The Morgan fingerprint density at radius 1 is 1.28 bits per heavy atom. The number of thioether (sulfide) groups is 1. The molecule has 2 aromatic carbocycles. The molecule has 2 aromatic rings. The second kappa shape index (κ2) is 8.36. The van der Waals surface area contributed by atoms with Crippen LogP contribution < -0.4 is 5.32 Å². The van der Waals surface area contributed by atoms with Gasteiger partial charge in [-0.1, -0.05) is 43.6 Å². The van der Waals surface area contributed by atoms with Gasteiger partial charge in [0.1, 0.15) is 4.87 Å². The van der Waals surface area contributed by atoms with Gasteiger partial charge in [-0.05, 0) is 61.0 Å². The fourth-order valence-electron chi connectivity index (χ4n) is 3.61. The van der Waals surface area contributed by atoms with Crippen molar-refractivity contribution in [3.63, 3.8) is 0 Å². The number of halogens is 4. The summed E-state index contributed by atoms with van der Waals surface area (Å²) in [6.07, 6.45) is -3.60. The Hall–Kier alpha value is -1.44. The van der Waals surface area contributed by atoms with Crippen molar-refractivity contribution < 1.29 is 13.2 Å². The molecule has 0 aliphatic carbocycles. The monoisotopic (exact) mass is 458 g/mol. The van der Waals surface area contributed by atoms with E-state index < -0.39 is 16.6 Å². The Morgan fingerprint density at radius 3 is 2.52 bits per heavy atom. The van der Waals surface area contributed by atoms with Gasteiger partial charge >= 0.3 is 6.18 Å². The number of benzene rings is 2. The molecule has 0 amide bonds. The van der Waals surface area contributed by atoms with Crippen molar-refractivity contribution in [2.24, 2.45) is 0 Å². The maximum atomic E-state index is 12.9. The average molecular weight is 459 g/mol. The summed E-state index contributed by atoms with van der Waals surface area (Å²) in [7, 11) is 0. The van der Waals surface area contributed by atoms with E-state index in [4.69, 9.17) is 23.8 Å². The molecular formula is C21H22ClF3N2S2. The summed E-state index contributed by atoms with van der Waals surface area (Å²) in [5.41, 5.74) is 1.96. The maximum absolute atomic E-state index is 12.9. The number of nitrogens with one attached hydrogen (secondary N) is 1. The van der Waals surface area contributed by atoms with Crippen molar-refractivity contribution in [2.45, 2.75) is 43.5 Å². The van der Waals surface area contributed by atoms with Crippen LogP contribution in [0, 0.1) is 0 Å². The molecule has 0 aromatic heterocycles. The molecule has 1 saturated heterocycles. The van der Waals surface area contributed by atoms with Crippen LogP contribution in [0.25, 0.3) is 0 Å². The second-order valence-corrected chi connectivity index (χ2v) is 9.78. The van der Waals surface area contributed by atoms with Crippen LogP contribution in [-0.2, 0) is 17.5 Å². The van der Waals surface area contributed by atoms with E-state index in [0.29, 0.717) is 16.7 Å². The van der Waals surface area contributed by atoms with Crippen LogP contribution in [0.4, 0.5) is 18.9 Å². The van der Waals surface area contributed by atoms with E-state index in [-0.39, 0.29) is 5.25 Å². The van der Waals surface area contributed by atoms with Gasteiger partial charge in [0.2, 0.25) is 0 Å². The number of thiocarbonyl (C=S) groups is 1. The summed E-state index contributed by atoms with van der Waals surface area (Å²) in [5, 5.41) is 4.78. The van der Waals surface area contributed by atoms with Crippen LogP contribution in [0.1, 0.15) is 37.5 Å². The fraction of sp³-hybridized carbons (Fsp3) is 0.381. The normalized spacial score (nSPS) is 22.0. The molecular weight excluding hydrogens is 437 g/mol. The van der Waals surface area contributed by atoms with Crippen molar-refractivity contribution in [3.05, 3.63) is 64.2 Å². The smallest absolute Gasteiger partial charge is 0.332 e. The summed E-state index contributed by atoms with van der Waals surface area (Å²) in [5.74, 6) is 0. The third-order valence-corrected chi connectivity index (χ3v) is 7.24. The molecule has 156 valence electrons. The molecule has 1 aliphatic heterocycles. The Morgan fingerprint density at radius 2 is 1.93 bits per heavy atom. The molecule has 1 fully saturated rings. The Kier molecular flexibility index (Phi) is 6.41. The zero-order valence-corrected chi connectivity index (χ0v) is 18.7. The quantitative estimate of drug-likeness (QED) is 0.501. The molecule has 1 N–H and O–H groups in total. The number of hydrogen-bond acceptors (Lipinski definition) is 2. The fourth-order valence-corrected chi connectivity index (χ4v) is 5.92. The van der Waals surface area contributed by atoms with Gasteiger partial charge in [-0.3, -0.25) is 0 Å². The van der Waals surface area contributed by atoms with E-state index in [1.807, 2.05) is 36.9 Å². The van der Waals surface area contributed by atoms with Gasteiger partial charge in [0.25, 0.3) is 0 Å². The largest absolute Gasteiger partial charge is 0.416 e. The van der Waals surface area contributed by atoms with Gasteiger partial charge in [-0.2, -0.15) is 13.2 Å². The van der Waals surface area contributed by atoms with E-state index in [1.54, 1.807) is 23.9 Å². The molecule has 0 spiro atoms. The zero-order chi connectivity index (χ0) is 21.4. The number of anilines is 1. The molecule has 3 rings (SSSR count). The topological polar surface area (TPSA) is 15.3 Å².